The summed E-state index contributed by atoms with van der Waals surface area (Å²) in [7, 11) is 0. The summed E-state index contributed by atoms with van der Waals surface area (Å²) in [5, 5.41) is 7.56. The van der Waals surface area contributed by atoms with Crippen LogP contribution in [0.4, 0.5) is 5.82 Å². The van der Waals surface area contributed by atoms with E-state index in [0.29, 0.717) is 16.4 Å². The van der Waals surface area contributed by atoms with Crippen LogP contribution < -0.4 is 10.9 Å². The molecule has 2 N–H and O–H groups in total. The summed E-state index contributed by atoms with van der Waals surface area (Å²) in [6.07, 6.45) is 3.22. The highest BCUT2D eigenvalue weighted by atomic mass is 35.5. The van der Waals surface area contributed by atoms with Gasteiger partial charge in [0.2, 0.25) is 5.78 Å². The summed E-state index contributed by atoms with van der Waals surface area (Å²) >= 11 is 11.9. The SMILES string of the molecule is O=C(Nc1cc(=O)[nH]c2nc(-c3cccnc3)nn12)c1ccc(Cl)cc1Cl. The third kappa shape index (κ3) is 3.40. The van der Waals surface area contributed by atoms with Crippen molar-refractivity contribution in [1.29, 1.82) is 0 Å². The van der Waals surface area contributed by atoms with Gasteiger partial charge >= 0.3 is 0 Å². The molecule has 0 fully saturated rings. The van der Waals surface area contributed by atoms with Gasteiger partial charge in [-0.3, -0.25) is 19.6 Å². The van der Waals surface area contributed by atoms with Crippen molar-refractivity contribution in [2.24, 2.45) is 0 Å². The van der Waals surface area contributed by atoms with Gasteiger partial charge in [0.1, 0.15) is 5.82 Å². The molecule has 10 heteroatoms. The number of halogens is 2. The Hall–Kier alpha value is -3.23. The summed E-state index contributed by atoms with van der Waals surface area (Å²) in [4.78, 5) is 35.4. The lowest BCUT2D eigenvalue weighted by Gasteiger charge is -2.07. The predicted octanol–water partition coefficient (Wildman–Crippen LogP) is 3.04. The minimum absolute atomic E-state index is 0.146. The van der Waals surface area contributed by atoms with Gasteiger partial charge in [-0.25, -0.2) is 0 Å². The lowest BCUT2D eigenvalue weighted by atomic mass is 10.2. The van der Waals surface area contributed by atoms with Crippen molar-refractivity contribution < 1.29 is 4.79 Å². The monoisotopic (exact) mass is 400 g/mol. The molecule has 0 bridgehead atoms. The summed E-state index contributed by atoms with van der Waals surface area (Å²) < 4.78 is 1.32. The zero-order valence-corrected chi connectivity index (χ0v) is 15.0. The summed E-state index contributed by atoms with van der Waals surface area (Å²) in [5.41, 5.74) is 0.437. The largest absolute Gasteiger partial charge is 0.306 e. The fraction of sp³-hybridized carbons (Fsp3) is 0. The number of aromatic nitrogens is 5. The van der Waals surface area contributed by atoms with Crippen LogP contribution in [0.3, 0.4) is 0 Å². The van der Waals surface area contributed by atoms with Crippen molar-refractivity contribution in [2.75, 3.05) is 5.32 Å². The number of rotatable bonds is 3. The molecule has 0 saturated carbocycles. The number of carbonyl (C=O) groups excluding carboxylic acids is 1. The Kier molecular flexibility index (Phi) is 4.35. The molecule has 3 heterocycles. The molecule has 1 amide bonds. The van der Waals surface area contributed by atoms with Crippen LogP contribution in [-0.2, 0) is 0 Å². The standard InChI is InChI=1S/C17H10Cl2N6O2/c18-10-3-4-11(12(19)6-10)16(27)21-13-7-14(26)22-17-23-15(24-25(13)17)9-2-1-5-20-8-9/h1-8H,(H,21,27)(H,22,23,24,26). The molecule has 0 unspecified atom stereocenters. The van der Waals surface area contributed by atoms with Gasteiger partial charge in [-0.2, -0.15) is 9.50 Å². The van der Waals surface area contributed by atoms with Crippen molar-refractivity contribution in [3.8, 4) is 11.4 Å². The zero-order valence-electron chi connectivity index (χ0n) is 13.5. The number of nitrogens with one attached hydrogen (secondary N) is 2. The van der Waals surface area contributed by atoms with E-state index in [1.165, 1.54) is 22.7 Å². The second-order valence-electron chi connectivity index (χ2n) is 5.51. The number of aromatic amines is 1. The van der Waals surface area contributed by atoms with E-state index >= 15 is 0 Å². The van der Waals surface area contributed by atoms with Crippen LogP contribution in [0.25, 0.3) is 17.2 Å². The van der Waals surface area contributed by atoms with Gasteiger partial charge in [0, 0.05) is 29.0 Å². The molecule has 4 rings (SSSR count). The molecule has 27 heavy (non-hydrogen) atoms. The Bertz CT molecular complexity index is 1220. The Balaban J connectivity index is 1.76. The molecular formula is C17H10Cl2N6O2. The highest BCUT2D eigenvalue weighted by Gasteiger charge is 2.16. The van der Waals surface area contributed by atoms with Gasteiger partial charge in [-0.1, -0.05) is 23.2 Å². The molecule has 0 aliphatic heterocycles. The molecule has 3 aromatic heterocycles. The van der Waals surface area contributed by atoms with E-state index in [4.69, 9.17) is 23.2 Å². The van der Waals surface area contributed by atoms with E-state index < -0.39 is 11.5 Å². The average molecular weight is 401 g/mol. The Labute approximate surface area is 161 Å². The number of nitrogens with zero attached hydrogens (tertiary/aromatic N) is 4. The highest BCUT2D eigenvalue weighted by Crippen LogP contribution is 2.22. The van der Waals surface area contributed by atoms with Gasteiger partial charge in [0.15, 0.2) is 5.82 Å². The first-order valence-corrected chi connectivity index (χ1v) is 8.44. The van der Waals surface area contributed by atoms with E-state index in [1.807, 2.05) is 0 Å². The number of H-pyrrole nitrogens is 1. The van der Waals surface area contributed by atoms with Crippen molar-refractivity contribution in [1.82, 2.24) is 24.6 Å². The topological polar surface area (TPSA) is 105 Å². The lowest BCUT2D eigenvalue weighted by molar-refractivity contribution is 0.102. The van der Waals surface area contributed by atoms with Gasteiger partial charge in [0.25, 0.3) is 11.5 Å². The molecule has 0 spiro atoms. The fourth-order valence-electron chi connectivity index (χ4n) is 2.46. The van der Waals surface area contributed by atoms with Crippen LogP contribution in [-0.4, -0.2) is 30.5 Å². The number of amides is 1. The number of carbonyl (C=O) groups is 1. The number of benzene rings is 1. The van der Waals surface area contributed by atoms with Crippen molar-refractivity contribution in [3.63, 3.8) is 0 Å². The van der Waals surface area contributed by atoms with Crippen molar-refractivity contribution in [2.45, 2.75) is 0 Å². The molecule has 0 aliphatic carbocycles. The van der Waals surface area contributed by atoms with Crippen LogP contribution in [0.5, 0.6) is 0 Å². The molecular weight excluding hydrogens is 391 g/mol. The molecule has 0 radical (unpaired) electrons. The maximum absolute atomic E-state index is 12.6. The van der Waals surface area contributed by atoms with Crippen LogP contribution in [0, 0.1) is 0 Å². The Morgan fingerprint density at radius 1 is 1.19 bits per heavy atom. The predicted molar refractivity (Wildman–Crippen MR) is 101 cm³/mol. The highest BCUT2D eigenvalue weighted by molar-refractivity contribution is 6.37. The smallest absolute Gasteiger partial charge is 0.258 e. The van der Waals surface area contributed by atoms with Gasteiger partial charge in [-0.15, -0.1) is 5.10 Å². The summed E-state index contributed by atoms with van der Waals surface area (Å²) in [6.45, 7) is 0. The van der Waals surface area contributed by atoms with Crippen molar-refractivity contribution in [3.05, 3.63) is 74.8 Å². The quantitative estimate of drug-likeness (QED) is 0.549. The zero-order chi connectivity index (χ0) is 19.0. The molecule has 8 nitrogen and oxygen atoms in total. The Morgan fingerprint density at radius 3 is 2.78 bits per heavy atom. The Morgan fingerprint density at radius 2 is 2.04 bits per heavy atom. The van der Waals surface area contributed by atoms with E-state index in [0.717, 1.165) is 0 Å². The van der Waals surface area contributed by atoms with E-state index in [-0.39, 0.29) is 22.2 Å². The number of hydrogen-bond acceptors (Lipinski definition) is 5. The van der Waals surface area contributed by atoms with E-state index in [1.54, 1.807) is 30.6 Å². The number of anilines is 1. The molecule has 1 aromatic carbocycles. The number of fused-ring (bicyclic) bond motifs is 1. The van der Waals surface area contributed by atoms with Crippen LogP contribution in [0.1, 0.15) is 10.4 Å². The fourth-order valence-corrected chi connectivity index (χ4v) is 2.95. The van der Waals surface area contributed by atoms with Crippen molar-refractivity contribution >= 4 is 40.7 Å². The first-order chi connectivity index (χ1) is 13.0. The second-order valence-corrected chi connectivity index (χ2v) is 6.35. The van der Waals surface area contributed by atoms with Gasteiger partial charge in [0.05, 0.1) is 10.6 Å². The number of pyridine rings is 1. The third-order valence-corrected chi connectivity index (χ3v) is 4.22. The van der Waals surface area contributed by atoms with Crippen LogP contribution in [0.15, 0.2) is 53.6 Å². The molecule has 0 saturated heterocycles. The molecule has 0 atom stereocenters. The molecule has 0 aliphatic rings. The molecule has 134 valence electrons. The first kappa shape index (κ1) is 17.2. The van der Waals surface area contributed by atoms with E-state index in [9.17, 15) is 9.59 Å². The minimum Gasteiger partial charge on any atom is -0.306 e. The average Bonchev–Trinajstić information content (AvgIpc) is 3.06. The maximum Gasteiger partial charge on any atom is 0.258 e. The molecule has 4 aromatic rings. The normalized spacial score (nSPS) is 10.9. The summed E-state index contributed by atoms with van der Waals surface area (Å²) in [5.74, 6) is 0.165. The maximum atomic E-state index is 12.6. The third-order valence-electron chi connectivity index (χ3n) is 3.68. The van der Waals surface area contributed by atoms with Crippen LogP contribution >= 0.6 is 23.2 Å². The van der Waals surface area contributed by atoms with Crippen LogP contribution in [0.2, 0.25) is 10.0 Å². The minimum atomic E-state index is -0.512. The second kappa shape index (κ2) is 6.82. The van der Waals surface area contributed by atoms with Gasteiger partial charge in [-0.05, 0) is 30.3 Å². The van der Waals surface area contributed by atoms with Gasteiger partial charge < -0.3 is 5.32 Å². The summed E-state index contributed by atoms with van der Waals surface area (Å²) in [6, 6.07) is 9.23. The lowest BCUT2D eigenvalue weighted by Crippen LogP contribution is -2.19. The first-order valence-electron chi connectivity index (χ1n) is 7.68. The van der Waals surface area contributed by atoms with E-state index in [2.05, 4.69) is 25.4 Å². The number of hydrogen-bond donors (Lipinski definition) is 2.